The van der Waals surface area contributed by atoms with Crippen molar-refractivity contribution in [2.24, 2.45) is 0 Å². The number of pyridine rings is 1. The second-order valence-corrected chi connectivity index (χ2v) is 5.22. The van der Waals surface area contributed by atoms with E-state index in [0.29, 0.717) is 0 Å². The van der Waals surface area contributed by atoms with E-state index in [9.17, 15) is 0 Å². The first-order chi connectivity index (χ1) is 10.2. The van der Waals surface area contributed by atoms with E-state index in [0.717, 1.165) is 22.3 Å². The molecule has 2 aromatic carbocycles. The van der Waals surface area contributed by atoms with Gasteiger partial charge in [0.05, 0.1) is 16.9 Å². The van der Waals surface area contributed by atoms with Gasteiger partial charge in [0, 0.05) is 19.5 Å². The summed E-state index contributed by atoms with van der Waals surface area (Å²) in [5.74, 6) is 0. The second kappa shape index (κ2) is 5.80. The molecule has 104 valence electrons. The quantitative estimate of drug-likeness (QED) is 0.700. The number of hydrogen-bond donors (Lipinski definition) is 0. The molecule has 2 nitrogen and oxygen atoms in total. The minimum atomic E-state index is 0.988. The van der Waals surface area contributed by atoms with Gasteiger partial charge in [-0.05, 0) is 23.8 Å². The van der Waals surface area contributed by atoms with Crippen molar-refractivity contribution < 1.29 is 0 Å². The molecule has 0 amide bonds. The van der Waals surface area contributed by atoms with Gasteiger partial charge in [0.2, 0.25) is 0 Å². The van der Waals surface area contributed by atoms with Gasteiger partial charge in [-0.2, -0.15) is 0 Å². The molecule has 3 rings (SSSR count). The molecule has 0 atom stereocenters. The lowest BCUT2D eigenvalue weighted by atomic mass is 10.1. The largest absolute Gasteiger partial charge is 0.376 e. The highest BCUT2D eigenvalue weighted by molar-refractivity contribution is 5.87. The summed E-state index contributed by atoms with van der Waals surface area (Å²) >= 11 is 0. The molecule has 0 saturated heterocycles. The van der Waals surface area contributed by atoms with Crippen LogP contribution in [0.4, 0.5) is 5.69 Å². The molecular formula is C19H18N2. The maximum absolute atomic E-state index is 4.78. The Kier molecular flexibility index (Phi) is 3.69. The lowest BCUT2D eigenvalue weighted by molar-refractivity contribution is 1.11. The van der Waals surface area contributed by atoms with Gasteiger partial charge in [-0.3, -0.25) is 0 Å². The van der Waals surface area contributed by atoms with Crippen molar-refractivity contribution in [1.82, 2.24) is 4.98 Å². The Morgan fingerprint density at radius 3 is 2.33 bits per heavy atom. The zero-order valence-corrected chi connectivity index (χ0v) is 12.3. The van der Waals surface area contributed by atoms with Crippen molar-refractivity contribution in [2.75, 3.05) is 19.0 Å². The highest BCUT2D eigenvalue weighted by Gasteiger charge is 2.06. The first-order valence-electron chi connectivity index (χ1n) is 7.04. The smallest absolute Gasteiger partial charge is 0.0870 e. The molecule has 0 unspecified atom stereocenters. The fourth-order valence-corrected chi connectivity index (χ4v) is 2.34. The number of aromatic nitrogens is 1. The Balaban J connectivity index is 2.07. The van der Waals surface area contributed by atoms with Crippen LogP contribution in [0.3, 0.4) is 0 Å². The third-order valence-electron chi connectivity index (χ3n) is 3.45. The molecule has 0 N–H and O–H groups in total. The lowest BCUT2D eigenvalue weighted by Gasteiger charge is -2.16. The number of anilines is 1. The average molecular weight is 274 g/mol. The van der Waals surface area contributed by atoms with Gasteiger partial charge < -0.3 is 4.90 Å². The highest BCUT2D eigenvalue weighted by Crippen LogP contribution is 2.24. The van der Waals surface area contributed by atoms with Crippen molar-refractivity contribution in [2.45, 2.75) is 0 Å². The molecule has 0 aliphatic heterocycles. The predicted molar refractivity (Wildman–Crippen MR) is 91.4 cm³/mol. The summed E-state index contributed by atoms with van der Waals surface area (Å²) in [5.41, 5.74) is 4.32. The second-order valence-electron chi connectivity index (χ2n) is 5.22. The molecule has 0 radical (unpaired) electrons. The number of fused-ring (bicyclic) bond motifs is 1. The Hall–Kier alpha value is -2.61. The van der Waals surface area contributed by atoms with E-state index in [1.165, 1.54) is 5.56 Å². The maximum Gasteiger partial charge on any atom is 0.0870 e. The SMILES string of the molecule is CN(C)c1cc2ccccc2nc1C=Cc1ccccc1. The van der Waals surface area contributed by atoms with Crippen LogP contribution < -0.4 is 4.90 Å². The van der Waals surface area contributed by atoms with Crippen LogP contribution in [0.15, 0.2) is 60.7 Å². The lowest BCUT2D eigenvalue weighted by Crippen LogP contribution is -2.11. The molecule has 0 fully saturated rings. The molecule has 0 spiro atoms. The summed E-state index contributed by atoms with van der Waals surface area (Å²) in [6, 6.07) is 20.7. The van der Waals surface area contributed by atoms with Crippen molar-refractivity contribution >= 4 is 28.7 Å². The van der Waals surface area contributed by atoms with Gasteiger partial charge in [-0.1, -0.05) is 54.6 Å². The first kappa shape index (κ1) is 13.4. The Morgan fingerprint density at radius 1 is 0.857 bits per heavy atom. The number of hydrogen-bond acceptors (Lipinski definition) is 2. The van der Waals surface area contributed by atoms with Crippen LogP contribution in [0.25, 0.3) is 23.1 Å². The minimum Gasteiger partial charge on any atom is -0.376 e. The number of rotatable bonds is 3. The zero-order valence-electron chi connectivity index (χ0n) is 12.3. The maximum atomic E-state index is 4.78. The third kappa shape index (κ3) is 2.95. The molecular weight excluding hydrogens is 256 g/mol. The van der Waals surface area contributed by atoms with Crippen LogP contribution in [-0.2, 0) is 0 Å². The molecule has 1 heterocycles. The summed E-state index contributed by atoms with van der Waals surface area (Å²) in [6.07, 6.45) is 4.18. The van der Waals surface area contributed by atoms with E-state index in [2.05, 4.69) is 47.4 Å². The third-order valence-corrected chi connectivity index (χ3v) is 3.45. The van der Waals surface area contributed by atoms with Gasteiger partial charge in [0.25, 0.3) is 0 Å². The van der Waals surface area contributed by atoms with E-state index in [1.807, 2.05) is 44.4 Å². The Morgan fingerprint density at radius 2 is 1.57 bits per heavy atom. The van der Waals surface area contributed by atoms with Crippen molar-refractivity contribution in [3.8, 4) is 0 Å². The van der Waals surface area contributed by atoms with Crippen LogP contribution in [0.2, 0.25) is 0 Å². The van der Waals surface area contributed by atoms with Gasteiger partial charge in [0.15, 0.2) is 0 Å². The van der Waals surface area contributed by atoms with E-state index in [1.54, 1.807) is 0 Å². The van der Waals surface area contributed by atoms with Crippen LogP contribution in [0, 0.1) is 0 Å². The summed E-state index contributed by atoms with van der Waals surface area (Å²) in [4.78, 5) is 6.88. The van der Waals surface area contributed by atoms with Crippen molar-refractivity contribution in [3.05, 3.63) is 71.9 Å². The predicted octanol–water partition coefficient (Wildman–Crippen LogP) is 4.47. The van der Waals surface area contributed by atoms with Crippen LogP contribution in [-0.4, -0.2) is 19.1 Å². The topological polar surface area (TPSA) is 16.1 Å². The molecule has 0 bridgehead atoms. The summed E-state index contributed by atoms with van der Waals surface area (Å²) in [5, 5.41) is 1.16. The molecule has 0 aliphatic rings. The van der Waals surface area contributed by atoms with E-state index in [4.69, 9.17) is 4.98 Å². The van der Waals surface area contributed by atoms with Crippen LogP contribution in [0.5, 0.6) is 0 Å². The standard InChI is InChI=1S/C19H18N2/c1-21(2)19-14-16-10-6-7-11-17(16)20-18(19)13-12-15-8-4-3-5-9-15/h3-14H,1-2H3. The summed E-state index contributed by atoms with van der Waals surface area (Å²) in [7, 11) is 4.09. The normalized spacial score (nSPS) is 11.1. The van der Waals surface area contributed by atoms with E-state index in [-0.39, 0.29) is 0 Å². The van der Waals surface area contributed by atoms with Crippen molar-refractivity contribution in [3.63, 3.8) is 0 Å². The van der Waals surface area contributed by atoms with Gasteiger partial charge in [-0.15, -0.1) is 0 Å². The molecule has 0 saturated carbocycles. The molecule has 0 aliphatic carbocycles. The van der Waals surface area contributed by atoms with E-state index >= 15 is 0 Å². The highest BCUT2D eigenvalue weighted by atomic mass is 15.1. The number of nitrogens with zero attached hydrogens (tertiary/aromatic N) is 2. The molecule has 2 heteroatoms. The number of benzene rings is 2. The van der Waals surface area contributed by atoms with Gasteiger partial charge >= 0.3 is 0 Å². The monoisotopic (exact) mass is 274 g/mol. The van der Waals surface area contributed by atoms with Gasteiger partial charge in [0.1, 0.15) is 0 Å². The molecule has 3 aromatic rings. The summed E-state index contributed by atoms with van der Waals surface area (Å²) in [6.45, 7) is 0. The van der Waals surface area contributed by atoms with Gasteiger partial charge in [-0.25, -0.2) is 4.98 Å². The average Bonchev–Trinajstić information content (AvgIpc) is 2.53. The van der Waals surface area contributed by atoms with Crippen LogP contribution in [0.1, 0.15) is 11.3 Å². The fourth-order valence-electron chi connectivity index (χ4n) is 2.34. The minimum absolute atomic E-state index is 0.988. The Labute approximate surface area is 125 Å². The number of para-hydroxylation sites is 1. The summed E-state index contributed by atoms with van der Waals surface area (Å²) < 4.78 is 0. The van der Waals surface area contributed by atoms with Crippen molar-refractivity contribution in [1.29, 1.82) is 0 Å². The van der Waals surface area contributed by atoms with Crippen LogP contribution >= 0.6 is 0 Å². The molecule has 1 aromatic heterocycles. The van der Waals surface area contributed by atoms with E-state index < -0.39 is 0 Å². The Bertz CT molecular complexity index is 774. The first-order valence-corrected chi connectivity index (χ1v) is 7.04. The zero-order chi connectivity index (χ0) is 14.7. The molecule has 21 heavy (non-hydrogen) atoms. The fraction of sp³-hybridized carbons (Fsp3) is 0.105.